The van der Waals surface area contributed by atoms with Crippen LogP contribution in [0.15, 0.2) is 48.5 Å². The lowest BCUT2D eigenvalue weighted by Crippen LogP contribution is -2.13. The van der Waals surface area contributed by atoms with Gasteiger partial charge in [0.05, 0.1) is 13.7 Å². The minimum Gasteiger partial charge on any atom is -0.497 e. The maximum Gasteiger partial charge on any atom is 0.411 e. The summed E-state index contributed by atoms with van der Waals surface area (Å²) in [5.74, 6) is 0.854. The van der Waals surface area contributed by atoms with Crippen LogP contribution in [0.4, 0.5) is 10.5 Å². The minimum atomic E-state index is -0.430. The van der Waals surface area contributed by atoms with Crippen LogP contribution in [0.25, 0.3) is 0 Å². The number of nitrogens with one attached hydrogen (secondary N) is 1. The van der Waals surface area contributed by atoms with Gasteiger partial charge >= 0.3 is 6.09 Å². The van der Waals surface area contributed by atoms with Gasteiger partial charge in [-0.1, -0.05) is 24.3 Å². The summed E-state index contributed by atoms with van der Waals surface area (Å²) in [5, 5.41) is 2.67. The first-order chi connectivity index (χ1) is 10.2. The normalized spacial score (nSPS) is 10.0. The van der Waals surface area contributed by atoms with E-state index in [4.69, 9.17) is 9.47 Å². The van der Waals surface area contributed by atoms with Crippen LogP contribution in [0.1, 0.15) is 18.1 Å². The highest BCUT2D eigenvalue weighted by molar-refractivity contribution is 5.84. The highest BCUT2D eigenvalue weighted by Crippen LogP contribution is 2.16. The van der Waals surface area contributed by atoms with E-state index in [1.165, 1.54) is 11.1 Å². The lowest BCUT2D eigenvalue weighted by Gasteiger charge is -2.07. The second-order valence-corrected chi connectivity index (χ2v) is 4.57. The van der Waals surface area contributed by atoms with Crippen LogP contribution < -0.4 is 10.1 Å². The van der Waals surface area contributed by atoms with Gasteiger partial charge in [-0.25, -0.2) is 4.79 Å². The van der Waals surface area contributed by atoms with Crippen molar-refractivity contribution >= 4 is 11.8 Å². The molecule has 0 aliphatic carbocycles. The number of methoxy groups -OCH3 is 1. The molecule has 0 atom stereocenters. The Bertz CT molecular complexity index is 576. The Labute approximate surface area is 124 Å². The van der Waals surface area contributed by atoms with E-state index in [0.717, 1.165) is 17.9 Å². The van der Waals surface area contributed by atoms with Gasteiger partial charge in [-0.2, -0.15) is 0 Å². The van der Waals surface area contributed by atoms with E-state index in [9.17, 15) is 4.79 Å². The molecule has 21 heavy (non-hydrogen) atoms. The number of ether oxygens (including phenoxy) is 2. The molecule has 0 aliphatic rings. The maximum atomic E-state index is 11.3. The van der Waals surface area contributed by atoms with Crippen molar-refractivity contribution in [3.05, 3.63) is 59.7 Å². The molecule has 0 unspecified atom stereocenters. The third-order valence-corrected chi connectivity index (χ3v) is 3.04. The summed E-state index contributed by atoms with van der Waals surface area (Å²) in [7, 11) is 1.66. The van der Waals surface area contributed by atoms with Crippen molar-refractivity contribution in [2.24, 2.45) is 0 Å². The third kappa shape index (κ3) is 4.53. The number of anilines is 1. The topological polar surface area (TPSA) is 47.6 Å². The molecular weight excluding hydrogens is 266 g/mol. The number of carbonyl (C=O) groups excluding carboxylic acids is 1. The summed E-state index contributed by atoms with van der Waals surface area (Å²) in [6.07, 6.45) is 0.407. The lowest BCUT2D eigenvalue weighted by atomic mass is 10.0. The van der Waals surface area contributed by atoms with E-state index in [1.54, 1.807) is 14.0 Å². The predicted molar refractivity (Wildman–Crippen MR) is 82.9 cm³/mol. The van der Waals surface area contributed by atoms with Crippen LogP contribution >= 0.6 is 0 Å². The molecule has 4 heteroatoms. The molecule has 2 rings (SSSR count). The Morgan fingerprint density at radius 1 is 1.00 bits per heavy atom. The Hall–Kier alpha value is -2.49. The van der Waals surface area contributed by atoms with E-state index >= 15 is 0 Å². The lowest BCUT2D eigenvalue weighted by molar-refractivity contribution is 0.168. The van der Waals surface area contributed by atoms with Crippen molar-refractivity contribution in [1.82, 2.24) is 0 Å². The zero-order chi connectivity index (χ0) is 15.1. The quantitative estimate of drug-likeness (QED) is 0.907. The Kier molecular flexibility index (Phi) is 5.21. The number of rotatable bonds is 5. The molecule has 0 radical (unpaired) electrons. The van der Waals surface area contributed by atoms with Crippen molar-refractivity contribution in [2.45, 2.75) is 13.3 Å². The zero-order valence-electron chi connectivity index (χ0n) is 12.3. The van der Waals surface area contributed by atoms with Gasteiger partial charge in [0.25, 0.3) is 0 Å². The first kappa shape index (κ1) is 14.9. The van der Waals surface area contributed by atoms with E-state index in [1.807, 2.05) is 48.5 Å². The van der Waals surface area contributed by atoms with Gasteiger partial charge in [0, 0.05) is 5.69 Å². The molecule has 0 heterocycles. The maximum absolute atomic E-state index is 11.3. The summed E-state index contributed by atoms with van der Waals surface area (Å²) in [6.45, 7) is 2.14. The van der Waals surface area contributed by atoms with Crippen LogP contribution in [-0.4, -0.2) is 19.8 Å². The second kappa shape index (κ2) is 7.33. The summed E-state index contributed by atoms with van der Waals surface area (Å²) in [4.78, 5) is 11.3. The van der Waals surface area contributed by atoms with Crippen molar-refractivity contribution in [3.8, 4) is 5.75 Å². The molecule has 1 amide bonds. The van der Waals surface area contributed by atoms with Crippen molar-refractivity contribution in [2.75, 3.05) is 19.0 Å². The summed E-state index contributed by atoms with van der Waals surface area (Å²) < 4.78 is 9.97. The van der Waals surface area contributed by atoms with Gasteiger partial charge < -0.3 is 9.47 Å². The molecule has 0 bridgehead atoms. The highest BCUT2D eigenvalue weighted by atomic mass is 16.5. The monoisotopic (exact) mass is 285 g/mol. The van der Waals surface area contributed by atoms with Gasteiger partial charge in [-0.3, -0.25) is 5.32 Å². The summed E-state index contributed by atoms with van der Waals surface area (Å²) >= 11 is 0. The minimum absolute atomic E-state index is 0.362. The molecule has 0 saturated carbocycles. The van der Waals surface area contributed by atoms with Gasteiger partial charge in [-0.15, -0.1) is 0 Å². The van der Waals surface area contributed by atoms with E-state index in [2.05, 4.69) is 5.32 Å². The Morgan fingerprint density at radius 3 is 2.10 bits per heavy atom. The molecule has 2 aromatic carbocycles. The number of carbonyl (C=O) groups is 1. The van der Waals surface area contributed by atoms with Crippen LogP contribution in [0.3, 0.4) is 0 Å². The smallest absolute Gasteiger partial charge is 0.411 e. The first-order valence-corrected chi connectivity index (χ1v) is 6.87. The van der Waals surface area contributed by atoms with Crippen LogP contribution in [-0.2, 0) is 11.2 Å². The van der Waals surface area contributed by atoms with Crippen LogP contribution in [0.5, 0.6) is 5.75 Å². The molecule has 0 saturated heterocycles. The third-order valence-electron chi connectivity index (χ3n) is 3.04. The van der Waals surface area contributed by atoms with Gasteiger partial charge in [0.1, 0.15) is 5.75 Å². The molecule has 0 aromatic heterocycles. The fraction of sp³-hybridized carbons (Fsp3) is 0.235. The zero-order valence-corrected chi connectivity index (χ0v) is 12.3. The standard InChI is InChI=1S/C17H19NO3/c1-3-21-17(19)18-15-8-4-13(5-9-15)12-14-6-10-16(20-2)11-7-14/h4-11H,3,12H2,1-2H3,(H,18,19). The average Bonchev–Trinajstić information content (AvgIpc) is 2.50. The van der Waals surface area contributed by atoms with Crippen LogP contribution in [0.2, 0.25) is 0 Å². The van der Waals surface area contributed by atoms with Gasteiger partial charge in [0.15, 0.2) is 0 Å². The van der Waals surface area contributed by atoms with E-state index in [-0.39, 0.29) is 0 Å². The summed E-state index contributed by atoms with van der Waals surface area (Å²) in [5.41, 5.74) is 3.11. The van der Waals surface area contributed by atoms with Crippen molar-refractivity contribution < 1.29 is 14.3 Å². The van der Waals surface area contributed by atoms with Gasteiger partial charge in [0.2, 0.25) is 0 Å². The average molecular weight is 285 g/mol. The Morgan fingerprint density at radius 2 is 1.57 bits per heavy atom. The van der Waals surface area contributed by atoms with Crippen molar-refractivity contribution in [3.63, 3.8) is 0 Å². The second-order valence-electron chi connectivity index (χ2n) is 4.57. The number of benzene rings is 2. The fourth-order valence-corrected chi connectivity index (χ4v) is 1.97. The number of hydrogen-bond acceptors (Lipinski definition) is 3. The Balaban J connectivity index is 1.96. The summed E-state index contributed by atoms with van der Waals surface area (Å²) in [6, 6.07) is 15.7. The van der Waals surface area contributed by atoms with Crippen molar-refractivity contribution in [1.29, 1.82) is 0 Å². The molecule has 4 nitrogen and oxygen atoms in total. The largest absolute Gasteiger partial charge is 0.497 e. The number of hydrogen-bond donors (Lipinski definition) is 1. The van der Waals surface area contributed by atoms with E-state index in [0.29, 0.717) is 6.61 Å². The molecule has 110 valence electrons. The van der Waals surface area contributed by atoms with Crippen LogP contribution in [0, 0.1) is 0 Å². The van der Waals surface area contributed by atoms with Gasteiger partial charge in [-0.05, 0) is 48.7 Å². The molecule has 2 aromatic rings. The molecule has 0 spiro atoms. The predicted octanol–water partition coefficient (Wildman–Crippen LogP) is 3.85. The highest BCUT2D eigenvalue weighted by Gasteiger charge is 2.02. The first-order valence-electron chi connectivity index (χ1n) is 6.87. The fourth-order valence-electron chi connectivity index (χ4n) is 1.97. The van der Waals surface area contributed by atoms with E-state index < -0.39 is 6.09 Å². The molecule has 0 fully saturated rings. The SMILES string of the molecule is CCOC(=O)Nc1ccc(Cc2ccc(OC)cc2)cc1. The molecular formula is C17H19NO3. The molecule has 0 aliphatic heterocycles. The molecule has 1 N–H and O–H groups in total. The number of amides is 1.